The van der Waals surface area contributed by atoms with Crippen molar-refractivity contribution in [1.82, 2.24) is 4.90 Å². The number of nitrogens with zero attached hydrogens (tertiary/aromatic N) is 1. The van der Waals surface area contributed by atoms with E-state index in [9.17, 15) is 0 Å². The van der Waals surface area contributed by atoms with E-state index >= 15 is 0 Å². The predicted molar refractivity (Wildman–Crippen MR) is 85.4 cm³/mol. The van der Waals surface area contributed by atoms with Crippen molar-refractivity contribution in [1.29, 1.82) is 0 Å². The van der Waals surface area contributed by atoms with Gasteiger partial charge in [0.05, 0.1) is 13.2 Å². The molecule has 2 saturated heterocycles. The summed E-state index contributed by atoms with van der Waals surface area (Å²) in [4.78, 5) is 2.31. The average molecular weight is 295 g/mol. The van der Waals surface area contributed by atoms with Crippen molar-refractivity contribution >= 4 is 0 Å². The summed E-state index contributed by atoms with van der Waals surface area (Å²) in [5, 5.41) is 0. The molecule has 0 amide bonds. The summed E-state index contributed by atoms with van der Waals surface area (Å²) in [5.41, 5.74) is 2.21. The van der Waals surface area contributed by atoms with E-state index in [0.717, 1.165) is 26.1 Å². The summed E-state index contributed by atoms with van der Waals surface area (Å²) < 4.78 is 11.7. The quantitative estimate of drug-likeness (QED) is 0.767. The lowest BCUT2D eigenvalue weighted by molar-refractivity contribution is -0.00236. The van der Waals surface area contributed by atoms with Crippen LogP contribution in [0.3, 0.4) is 0 Å². The number of hydrogen-bond acceptors (Lipinski definition) is 3. The van der Waals surface area contributed by atoms with Gasteiger partial charge in [0.2, 0.25) is 0 Å². The Balaban J connectivity index is 1.50. The summed E-state index contributed by atoms with van der Waals surface area (Å²) in [6.45, 7) is 1.55. The van der Waals surface area contributed by atoms with Gasteiger partial charge in [0.25, 0.3) is 0 Å². The van der Waals surface area contributed by atoms with Gasteiger partial charge in [-0.15, -0.1) is 0 Å². The lowest BCUT2D eigenvalue weighted by Crippen LogP contribution is -2.48. The third kappa shape index (κ3) is 2.56. The van der Waals surface area contributed by atoms with Crippen molar-refractivity contribution in [3.8, 4) is 0 Å². The molecular weight excluding hydrogens is 274 g/mol. The van der Waals surface area contributed by atoms with E-state index in [1.54, 1.807) is 0 Å². The molecule has 0 N–H and O–H groups in total. The molecule has 0 radical (unpaired) electrons. The fourth-order valence-electron chi connectivity index (χ4n) is 3.20. The topological polar surface area (TPSA) is 28.3 Å². The van der Waals surface area contributed by atoms with Crippen LogP contribution in [0, 0.1) is 0 Å². The summed E-state index contributed by atoms with van der Waals surface area (Å²) in [7, 11) is 2.13. The highest BCUT2D eigenvalue weighted by Gasteiger charge is 2.61. The summed E-state index contributed by atoms with van der Waals surface area (Å²) >= 11 is 0. The number of hydrogen-bond donors (Lipinski definition) is 0. The Labute approximate surface area is 131 Å². The molecule has 3 nitrogen and oxygen atoms in total. The second kappa shape index (κ2) is 5.20. The Morgan fingerprint density at radius 2 is 1.14 bits per heavy atom. The van der Waals surface area contributed by atoms with E-state index in [2.05, 4.69) is 72.6 Å². The monoisotopic (exact) mass is 295 g/mol. The number of epoxide rings is 2. The molecule has 2 aromatic rings. The molecule has 0 aromatic heterocycles. The van der Waals surface area contributed by atoms with Crippen LogP contribution < -0.4 is 0 Å². The lowest BCUT2D eigenvalue weighted by atomic mass is 10.0. The second-order valence-corrected chi connectivity index (χ2v) is 6.35. The summed E-state index contributed by atoms with van der Waals surface area (Å²) in [5.74, 6) is 0. The van der Waals surface area contributed by atoms with E-state index in [-0.39, 0.29) is 11.4 Å². The van der Waals surface area contributed by atoms with Gasteiger partial charge in [-0.05, 0) is 18.2 Å². The fourth-order valence-corrected chi connectivity index (χ4v) is 3.20. The molecule has 2 aromatic carbocycles. The van der Waals surface area contributed by atoms with E-state index in [4.69, 9.17) is 9.47 Å². The first-order chi connectivity index (χ1) is 10.7. The molecule has 2 aliphatic heterocycles. The fraction of sp³-hybridized carbons (Fsp3) is 0.368. The van der Waals surface area contributed by atoms with Crippen LogP contribution in [0.25, 0.3) is 0 Å². The third-order valence-corrected chi connectivity index (χ3v) is 4.82. The zero-order valence-electron chi connectivity index (χ0n) is 12.9. The van der Waals surface area contributed by atoms with Gasteiger partial charge in [0.1, 0.15) is 0 Å². The van der Waals surface area contributed by atoms with Crippen molar-refractivity contribution in [2.75, 3.05) is 20.3 Å². The Bertz CT molecular complexity index is 575. The predicted octanol–water partition coefficient (Wildman–Crippen LogP) is 2.86. The maximum Gasteiger partial charge on any atom is 0.151 e. The number of likely N-dealkylation sites (N-methyl/N-ethyl adjacent to an activating group) is 1. The standard InChI is InChI=1S/C19H21NO2/c1-20(18(14-21-18)12-16-8-4-2-5-9-16)19(15-22-19)13-17-10-6-3-7-11-17/h2-11H,12-15H2,1H3/t18-,19-/m0/s1. The molecule has 0 spiro atoms. The van der Waals surface area contributed by atoms with E-state index in [1.165, 1.54) is 11.1 Å². The summed E-state index contributed by atoms with van der Waals surface area (Å²) in [6.07, 6.45) is 1.81. The molecule has 0 aliphatic carbocycles. The van der Waals surface area contributed by atoms with Crippen LogP contribution >= 0.6 is 0 Å². The third-order valence-electron chi connectivity index (χ3n) is 4.82. The molecule has 2 heterocycles. The number of benzene rings is 2. The summed E-state index contributed by atoms with van der Waals surface area (Å²) in [6, 6.07) is 21.1. The Hall–Kier alpha value is -1.68. The highest BCUT2D eigenvalue weighted by Crippen LogP contribution is 2.45. The molecule has 3 heteroatoms. The van der Waals surface area contributed by atoms with Crippen molar-refractivity contribution in [2.45, 2.75) is 24.3 Å². The van der Waals surface area contributed by atoms with Crippen LogP contribution in [0.15, 0.2) is 60.7 Å². The smallest absolute Gasteiger partial charge is 0.151 e. The minimum Gasteiger partial charge on any atom is -0.353 e. The van der Waals surface area contributed by atoms with Crippen LogP contribution in [0.5, 0.6) is 0 Å². The van der Waals surface area contributed by atoms with Gasteiger partial charge in [-0.1, -0.05) is 60.7 Å². The van der Waals surface area contributed by atoms with Crippen molar-refractivity contribution in [3.63, 3.8) is 0 Å². The first-order valence-corrected chi connectivity index (χ1v) is 7.82. The largest absolute Gasteiger partial charge is 0.353 e. The molecule has 2 aliphatic rings. The lowest BCUT2D eigenvalue weighted by Gasteiger charge is -2.31. The van der Waals surface area contributed by atoms with Gasteiger partial charge >= 0.3 is 0 Å². The molecule has 0 unspecified atom stereocenters. The number of ether oxygens (including phenoxy) is 2. The molecule has 22 heavy (non-hydrogen) atoms. The number of rotatable bonds is 6. The minimum atomic E-state index is -0.202. The zero-order valence-corrected chi connectivity index (χ0v) is 12.9. The molecule has 0 saturated carbocycles. The van der Waals surface area contributed by atoms with Gasteiger partial charge in [-0.25, -0.2) is 4.90 Å². The van der Waals surface area contributed by atoms with Crippen molar-refractivity contribution in [3.05, 3.63) is 71.8 Å². The van der Waals surface area contributed by atoms with Gasteiger partial charge in [-0.2, -0.15) is 0 Å². The molecule has 4 rings (SSSR count). The maximum atomic E-state index is 5.87. The first-order valence-electron chi connectivity index (χ1n) is 7.82. The van der Waals surface area contributed by atoms with Crippen molar-refractivity contribution in [2.24, 2.45) is 0 Å². The van der Waals surface area contributed by atoms with Crippen LogP contribution in [-0.4, -0.2) is 36.6 Å². The van der Waals surface area contributed by atoms with E-state index in [0.29, 0.717) is 0 Å². The Morgan fingerprint density at radius 1 is 0.773 bits per heavy atom. The van der Waals surface area contributed by atoms with E-state index < -0.39 is 0 Å². The van der Waals surface area contributed by atoms with Gasteiger partial charge in [0, 0.05) is 12.8 Å². The van der Waals surface area contributed by atoms with Crippen LogP contribution in [0.1, 0.15) is 11.1 Å². The molecule has 2 fully saturated rings. The molecular formula is C19H21NO2. The molecule has 114 valence electrons. The minimum absolute atomic E-state index is 0.202. The molecule has 0 bridgehead atoms. The van der Waals surface area contributed by atoms with E-state index in [1.807, 2.05) is 0 Å². The van der Waals surface area contributed by atoms with Crippen LogP contribution in [0.4, 0.5) is 0 Å². The van der Waals surface area contributed by atoms with Crippen molar-refractivity contribution < 1.29 is 9.47 Å². The van der Waals surface area contributed by atoms with Gasteiger partial charge in [-0.3, -0.25) is 0 Å². The van der Waals surface area contributed by atoms with Gasteiger partial charge < -0.3 is 9.47 Å². The highest BCUT2D eigenvalue weighted by atomic mass is 16.7. The second-order valence-electron chi connectivity index (χ2n) is 6.35. The maximum absolute atomic E-state index is 5.87. The normalized spacial score (nSPS) is 29.5. The van der Waals surface area contributed by atoms with Gasteiger partial charge in [0.15, 0.2) is 11.4 Å². The first kappa shape index (κ1) is 13.9. The zero-order chi connectivity index (χ0) is 15.0. The SMILES string of the molecule is CN([C@]1(Cc2ccccc2)CO1)[C@]1(Cc2ccccc2)CO1. The molecule has 2 atom stereocenters. The average Bonchev–Trinajstić information content (AvgIpc) is 3.47. The van der Waals surface area contributed by atoms with Crippen LogP contribution in [-0.2, 0) is 22.3 Å². The van der Waals surface area contributed by atoms with Crippen LogP contribution in [0.2, 0.25) is 0 Å². The Morgan fingerprint density at radius 3 is 1.45 bits per heavy atom. The highest BCUT2D eigenvalue weighted by molar-refractivity contribution is 5.22. The Kier molecular flexibility index (Phi) is 3.30.